The number of rotatable bonds is 6. The molecule has 31 heavy (non-hydrogen) atoms. The summed E-state index contributed by atoms with van der Waals surface area (Å²) in [6, 6.07) is 3.37. The molecule has 10 heteroatoms. The van der Waals surface area contributed by atoms with E-state index in [1.54, 1.807) is 0 Å². The van der Waals surface area contributed by atoms with Gasteiger partial charge >= 0.3 is 0 Å². The first-order valence-electron chi connectivity index (χ1n) is 10.2. The molecule has 1 aromatic carbocycles. The Balaban J connectivity index is 1.50. The molecule has 1 aliphatic heterocycles. The number of halogens is 2. The van der Waals surface area contributed by atoms with Crippen LogP contribution in [0.1, 0.15) is 42.7 Å². The molecule has 1 saturated heterocycles. The second-order valence-corrected chi connectivity index (χ2v) is 9.80. The van der Waals surface area contributed by atoms with E-state index < -0.39 is 21.7 Å². The summed E-state index contributed by atoms with van der Waals surface area (Å²) in [4.78, 5) is 12.2. The fraction of sp³-hybridized carbons (Fsp3) is 0.429. The third-order valence-electron chi connectivity index (χ3n) is 5.56. The molecule has 0 radical (unpaired) electrons. The summed E-state index contributed by atoms with van der Waals surface area (Å²) < 4.78 is 59.9. The molecule has 2 aromatic rings. The summed E-state index contributed by atoms with van der Waals surface area (Å²) in [7, 11) is -3.92. The van der Waals surface area contributed by atoms with Gasteiger partial charge in [0.05, 0.1) is 0 Å². The van der Waals surface area contributed by atoms with Crippen LogP contribution >= 0.6 is 0 Å². The van der Waals surface area contributed by atoms with Gasteiger partial charge in [-0.15, -0.1) is 0 Å². The number of aromatic nitrogens is 1. The Morgan fingerprint density at radius 3 is 2.55 bits per heavy atom. The molecule has 2 heterocycles. The third-order valence-corrected chi connectivity index (χ3v) is 7.61. The Kier molecular flexibility index (Phi) is 5.94. The number of carbonyl (C=O) groups is 1. The first-order valence-corrected chi connectivity index (χ1v) is 11.6. The Bertz CT molecular complexity index is 1120. The van der Waals surface area contributed by atoms with Crippen LogP contribution in [0.4, 0.5) is 8.78 Å². The Hall–Kier alpha value is -2.59. The van der Waals surface area contributed by atoms with Crippen LogP contribution in [0, 0.1) is 24.5 Å². The molecule has 1 aliphatic carbocycles. The van der Waals surface area contributed by atoms with Crippen molar-refractivity contribution < 1.29 is 26.5 Å². The number of piperidine rings is 1. The van der Waals surface area contributed by atoms with E-state index in [1.807, 2.05) is 0 Å². The van der Waals surface area contributed by atoms with Gasteiger partial charge in [-0.1, -0.05) is 5.16 Å². The van der Waals surface area contributed by atoms with E-state index in [9.17, 15) is 22.0 Å². The molecule has 7 nitrogen and oxygen atoms in total. The van der Waals surface area contributed by atoms with Crippen LogP contribution in [-0.4, -0.2) is 42.9 Å². The fourth-order valence-corrected chi connectivity index (χ4v) is 5.35. The van der Waals surface area contributed by atoms with Gasteiger partial charge in [-0.05, 0) is 56.9 Å². The Labute approximate surface area is 179 Å². The smallest absolute Gasteiger partial charge is 0.248 e. The van der Waals surface area contributed by atoms with Crippen molar-refractivity contribution in [2.75, 3.05) is 13.1 Å². The fourth-order valence-electron chi connectivity index (χ4n) is 3.64. The minimum absolute atomic E-state index is 0.00865. The molecule has 166 valence electrons. The number of nitrogens with one attached hydrogen (secondary N) is 1. The molecule has 0 atom stereocenters. The largest absolute Gasteiger partial charge is 0.355 e. The standard InChI is InChI=1S/C21H23F2N3O4S/c1-13-20(19(30-25-13)7-3-14-2-4-16(22)12-18(14)23)31(28,29)26-10-8-15(9-11-26)21(27)24-17-5-6-17/h2-4,7,12,15,17H,5-6,8-11H2,1H3,(H,24,27). The molecule has 4 rings (SSSR count). The molecular weight excluding hydrogens is 428 g/mol. The van der Waals surface area contributed by atoms with E-state index in [4.69, 9.17) is 4.52 Å². The van der Waals surface area contributed by atoms with Crippen molar-refractivity contribution >= 4 is 28.1 Å². The number of hydrogen-bond donors (Lipinski definition) is 1. The first-order chi connectivity index (χ1) is 14.8. The highest BCUT2D eigenvalue weighted by Crippen LogP contribution is 2.30. The van der Waals surface area contributed by atoms with Crippen molar-refractivity contribution in [1.82, 2.24) is 14.8 Å². The Morgan fingerprint density at radius 2 is 1.90 bits per heavy atom. The van der Waals surface area contributed by atoms with Gasteiger partial charge in [-0.25, -0.2) is 17.2 Å². The number of carbonyl (C=O) groups excluding carboxylic acids is 1. The maximum atomic E-state index is 13.9. The van der Waals surface area contributed by atoms with Gasteiger partial charge in [0.1, 0.15) is 17.3 Å². The molecule has 0 spiro atoms. The minimum atomic E-state index is -3.92. The molecule has 0 bridgehead atoms. The van der Waals surface area contributed by atoms with E-state index in [1.165, 1.54) is 29.4 Å². The zero-order valence-electron chi connectivity index (χ0n) is 17.0. The molecular formula is C21H23F2N3O4S. The monoisotopic (exact) mass is 451 g/mol. The summed E-state index contributed by atoms with van der Waals surface area (Å²) in [5.41, 5.74) is 0.272. The van der Waals surface area contributed by atoms with E-state index in [-0.39, 0.29) is 52.9 Å². The van der Waals surface area contributed by atoms with Crippen molar-refractivity contribution in [3.63, 3.8) is 0 Å². The van der Waals surface area contributed by atoms with Crippen LogP contribution in [-0.2, 0) is 14.8 Å². The average molecular weight is 451 g/mol. The minimum Gasteiger partial charge on any atom is -0.355 e. The van der Waals surface area contributed by atoms with E-state index in [2.05, 4.69) is 10.5 Å². The summed E-state index contributed by atoms with van der Waals surface area (Å²) in [5.74, 6) is -1.72. The zero-order chi connectivity index (χ0) is 22.2. The number of amides is 1. The first kappa shape index (κ1) is 21.6. The number of aryl methyl sites for hydroxylation is 1. The average Bonchev–Trinajstić information content (AvgIpc) is 3.46. The topological polar surface area (TPSA) is 92.5 Å². The van der Waals surface area contributed by atoms with Crippen molar-refractivity contribution in [3.05, 3.63) is 46.9 Å². The molecule has 2 fully saturated rings. The SMILES string of the molecule is Cc1noc(C=Cc2ccc(F)cc2F)c1S(=O)(=O)N1CCC(C(=O)NC2CC2)CC1. The summed E-state index contributed by atoms with van der Waals surface area (Å²) in [5, 5.41) is 6.73. The number of nitrogens with zero attached hydrogens (tertiary/aromatic N) is 2. The number of sulfonamides is 1. The van der Waals surface area contributed by atoms with E-state index in [0.29, 0.717) is 12.8 Å². The highest BCUT2D eigenvalue weighted by atomic mass is 32.2. The molecule has 1 saturated carbocycles. The lowest BCUT2D eigenvalue weighted by atomic mass is 9.97. The van der Waals surface area contributed by atoms with Crippen molar-refractivity contribution in [2.24, 2.45) is 5.92 Å². The van der Waals surface area contributed by atoms with Gasteiger partial charge in [0, 0.05) is 36.7 Å². The third kappa shape index (κ3) is 4.69. The quantitative estimate of drug-likeness (QED) is 0.729. The second-order valence-electron chi connectivity index (χ2n) is 7.92. The van der Waals surface area contributed by atoms with Crippen LogP contribution in [0.15, 0.2) is 27.6 Å². The predicted octanol–water partition coefficient (Wildman–Crippen LogP) is 3.11. The molecule has 1 N–H and O–H groups in total. The normalized spacial score (nSPS) is 18.5. The van der Waals surface area contributed by atoms with E-state index >= 15 is 0 Å². The van der Waals surface area contributed by atoms with E-state index in [0.717, 1.165) is 25.0 Å². The van der Waals surface area contributed by atoms with Crippen LogP contribution in [0.25, 0.3) is 12.2 Å². The Morgan fingerprint density at radius 1 is 1.19 bits per heavy atom. The van der Waals surface area contributed by atoms with Crippen molar-refractivity contribution in [2.45, 2.75) is 43.5 Å². The number of hydrogen-bond acceptors (Lipinski definition) is 5. The predicted molar refractivity (Wildman–Crippen MR) is 109 cm³/mol. The summed E-state index contributed by atoms with van der Waals surface area (Å²) in [6.07, 6.45) is 5.50. The van der Waals surface area contributed by atoms with Gasteiger partial charge in [0.15, 0.2) is 10.7 Å². The van der Waals surface area contributed by atoms with Gasteiger partial charge in [-0.3, -0.25) is 4.79 Å². The van der Waals surface area contributed by atoms with Crippen LogP contribution < -0.4 is 5.32 Å². The number of benzene rings is 1. The summed E-state index contributed by atoms with van der Waals surface area (Å²) in [6.45, 7) is 1.94. The lowest BCUT2D eigenvalue weighted by Crippen LogP contribution is -2.43. The molecule has 2 aliphatic rings. The van der Waals surface area contributed by atoms with Crippen LogP contribution in [0.5, 0.6) is 0 Å². The lowest BCUT2D eigenvalue weighted by Gasteiger charge is -2.30. The van der Waals surface area contributed by atoms with Crippen LogP contribution in [0.3, 0.4) is 0 Å². The van der Waals surface area contributed by atoms with Crippen molar-refractivity contribution in [1.29, 1.82) is 0 Å². The van der Waals surface area contributed by atoms with Gasteiger partial charge in [-0.2, -0.15) is 4.31 Å². The van der Waals surface area contributed by atoms with Gasteiger partial charge in [0.25, 0.3) is 0 Å². The van der Waals surface area contributed by atoms with Gasteiger partial charge < -0.3 is 9.84 Å². The van der Waals surface area contributed by atoms with Crippen molar-refractivity contribution in [3.8, 4) is 0 Å². The zero-order valence-corrected chi connectivity index (χ0v) is 17.8. The maximum Gasteiger partial charge on any atom is 0.248 e. The van der Waals surface area contributed by atoms with Gasteiger partial charge in [0.2, 0.25) is 15.9 Å². The molecule has 1 aromatic heterocycles. The molecule has 1 amide bonds. The van der Waals surface area contributed by atoms with Crippen LogP contribution in [0.2, 0.25) is 0 Å². The highest BCUT2D eigenvalue weighted by molar-refractivity contribution is 7.89. The molecule has 0 unspecified atom stereocenters. The highest BCUT2D eigenvalue weighted by Gasteiger charge is 2.36. The summed E-state index contributed by atoms with van der Waals surface area (Å²) >= 11 is 0. The second kappa shape index (κ2) is 8.51. The maximum absolute atomic E-state index is 13.9. The lowest BCUT2D eigenvalue weighted by molar-refractivity contribution is -0.126.